The Bertz CT molecular complexity index is 1540. The molecule has 0 saturated carbocycles. The topological polar surface area (TPSA) is 77.1 Å². The van der Waals surface area contributed by atoms with Gasteiger partial charge in [-0.25, -0.2) is 5.32 Å². The van der Waals surface area contributed by atoms with Crippen molar-refractivity contribution in [3.63, 3.8) is 0 Å². The number of fused-ring (bicyclic) bond motifs is 1. The zero-order valence-corrected chi connectivity index (χ0v) is 23.8. The Labute approximate surface area is 242 Å². The lowest BCUT2D eigenvalue weighted by Crippen LogP contribution is -2.68. The van der Waals surface area contributed by atoms with Gasteiger partial charge < -0.3 is 9.80 Å². The molecule has 42 heavy (non-hydrogen) atoms. The number of amides is 2. The minimum absolute atomic E-state index is 0.0526. The summed E-state index contributed by atoms with van der Waals surface area (Å²) in [5, 5.41) is 3.34. The van der Waals surface area contributed by atoms with Crippen molar-refractivity contribution >= 4 is 34.7 Å². The van der Waals surface area contributed by atoms with Crippen LogP contribution in [0.5, 0.6) is 0 Å². The van der Waals surface area contributed by atoms with Crippen LogP contribution >= 0.6 is 0 Å². The van der Waals surface area contributed by atoms with Crippen molar-refractivity contribution in [3.8, 4) is 0 Å². The van der Waals surface area contributed by atoms with Gasteiger partial charge in [0.25, 0.3) is 11.6 Å². The molecule has 3 aliphatic rings. The molecule has 3 aliphatic heterocycles. The van der Waals surface area contributed by atoms with Gasteiger partial charge in [0.1, 0.15) is 0 Å². The quantitative estimate of drug-likeness (QED) is 0.448. The highest BCUT2D eigenvalue weighted by molar-refractivity contribution is 5.95. The van der Waals surface area contributed by atoms with Crippen molar-refractivity contribution in [2.24, 2.45) is 7.05 Å². The standard InChI is InChI=1S/C30H34F3N7O2/c1-36-15-4-13-29(36)19-39(20-29)27(42)22-6-8-23(9-7-22)34-28-35-26-24(5-3-16-40(26)37(28)2)21-11-17-38(18-12-21)25(41)10-14-30(31,32)33/h3,5-9,11,16H,4,10,12-15,17-20H2,1-2H3/p+1. The number of likely N-dealkylation sites (tertiary alicyclic amines) is 2. The number of alkyl halides is 3. The zero-order chi connectivity index (χ0) is 29.6. The minimum atomic E-state index is -4.34. The first kappa shape index (κ1) is 28.2. The number of likely N-dealkylation sites (N-methyl/N-ethyl adjacent to an activating group) is 1. The number of nitrogens with one attached hydrogen (secondary N) is 1. The van der Waals surface area contributed by atoms with Gasteiger partial charge in [-0.05, 0) is 79.8 Å². The fourth-order valence-electron chi connectivity index (χ4n) is 6.31. The number of pyridine rings is 1. The molecule has 1 N–H and O–H groups in total. The number of anilines is 2. The Balaban J connectivity index is 1.13. The second-order valence-corrected chi connectivity index (χ2v) is 11.6. The maximum atomic E-state index is 13.0. The summed E-state index contributed by atoms with van der Waals surface area (Å²) in [6.45, 7) is 3.29. The maximum Gasteiger partial charge on any atom is 0.416 e. The third-order valence-electron chi connectivity index (χ3n) is 8.91. The predicted octanol–water partition coefficient (Wildman–Crippen LogP) is 3.78. The summed E-state index contributed by atoms with van der Waals surface area (Å²) in [4.78, 5) is 35.9. The molecule has 6 rings (SSSR count). The fourth-order valence-corrected chi connectivity index (χ4v) is 6.31. The monoisotopic (exact) mass is 582 g/mol. The van der Waals surface area contributed by atoms with Gasteiger partial charge in [-0.3, -0.25) is 14.5 Å². The Morgan fingerprint density at radius 3 is 2.50 bits per heavy atom. The lowest BCUT2D eigenvalue weighted by atomic mass is 9.86. The first-order valence-corrected chi connectivity index (χ1v) is 14.3. The van der Waals surface area contributed by atoms with E-state index < -0.39 is 24.9 Å². The molecule has 12 heteroatoms. The van der Waals surface area contributed by atoms with Gasteiger partial charge in [-0.2, -0.15) is 22.4 Å². The molecule has 0 radical (unpaired) electrons. The second-order valence-electron chi connectivity index (χ2n) is 11.6. The van der Waals surface area contributed by atoms with E-state index in [4.69, 9.17) is 4.98 Å². The number of nitrogens with zero attached hydrogens (tertiary/aromatic N) is 6. The highest BCUT2D eigenvalue weighted by atomic mass is 19.4. The Morgan fingerprint density at radius 1 is 1.10 bits per heavy atom. The smallest absolute Gasteiger partial charge is 0.339 e. The van der Waals surface area contributed by atoms with E-state index in [9.17, 15) is 22.8 Å². The molecule has 1 spiro atoms. The molecule has 0 unspecified atom stereocenters. The number of hydrogen-bond acceptors (Lipinski definition) is 5. The Morgan fingerprint density at radius 2 is 1.86 bits per heavy atom. The van der Waals surface area contributed by atoms with E-state index in [1.165, 1.54) is 11.3 Å². The Hall–Kier alpha value is -3.93. The van der Waals surface area contributed by atoms with Crippen molar-refractivity contribution in [2.75, 3.05) is 45.1 Å². The molecular weight excluding hydrogens is 547 g/mol. The van der Waals surface area contributed by atoms with Crippen LogP contribution < -0.4 is 10.00 Å². The van der Waals surface area contributed by atoms with Crippen LogP contribution in [0.2, 0.25) is 0 Å². The van der Waals surface area contributed by atoms with Crippen LogP contribution in [-0.2, 0) is 11.8 Å². The van der Waals surface area contributed by atoms with E-state index in [0.29, 0.717) is 24.5 Å². The molecular formula is C30H35F3N7O2+. The molecule has 2 amide bonds. The van der Waals surface area contributed by atoms with E-state index in [0.717, 1.165) is 48.5 Å². The largest absolute Gasteiger partial charge is 0.416 e. The molecule has 3 aromatic rings. The summed E-state index contributed by atoms with van der Waals surface area (Å²) in [5.41, 5.74) is 4.25. The summed E-state index contributed by atoms with van der Waals surface area (Å²) < 4.78 is 41.4. The van der Waals surface area contributed by atoms with Gasteiger partial charge >= 0.3 is 12.1 Å². The molecule has 2 saturated heterocycles. The van der Waals surface area contributed by atoms with Crippen LogP contribution in [0.3, 0.4) is 0 Å². The number of carbonyl (C=O) groups excluding carboxylic acids is 2. The molecule has 0 aliphatic carbocycles. The minimum Gasteiger partial charge on any atom is -0.339 e. The lowest BCUT2D eigenvalue weighted by molar-refractivity contribution is -0.725. The number of rotatable bonds is 6. The molecule has 2 fully saturated rings. The van der Waals surface area contributed by atoms with Gasteiger partial charge in [0.2, 0.25) is 5.91 Å². The molecule has 2 aromatic heterocycles. The van der Waals surface area contributed by atoms with E-state index in [-0.39, 0.29) is 18.0 Å². The van der Waals surface area contributed by atoms with Crippen molar-refractivity contribution in [3.05, 3.63) is 59.8 Å². The molecule has 222 valence electrons. The van der Waals surface area contributed by atoms with Gasteiger partial charge in [-0.1, -0.05) is 6.08 Å². The molecule has 1 aromatic carbocycles. The van der Waals surface area contributed by atoms with E-state index in [1.807, 2.05) is 69.8 Å². The number of hydrogen-bond donors (Lipinski definition) is 1. The predicted molar refractivity (Wildman–Crippen MR) is 151 cm³/mol. The maximum absolute atomic E-state index is 13.0. The number of benzene rings is 1. The molecule has 0 atom stereocenters. The van der Waals surface area contributed by atoms with Crippen LogP contribution in [0.15, 0.2) is 48.7 Å². The normalized spacial score (nSPS) is 18.8. The third-order valence-corrected chi connectivity index (χ3v) is 8.91. The van der Waals surface area contributed by atoms with E-state index in [2.05, 4.69) is 17.3 Å². The number of aromatic nitrogens is 3. The van der Waals surface area contributed by atoms with Crippen LogP contribution in [0.25, 0.3) is 11.2 Å². The molecule has 5 heterocycles. The molecule has 0 bridgehead atoms. The van der Waals surface area contributed by atoms with E-state index >= 15 is 0 Å². The highest BCUT2D eigenvalue weighted by Crippen LogP contribution is 2.37. The van der Waals surface area contributed by atoms with Crippen LogP contribution in [0.1, 0.15) is 48.0 Å². The summed E-state index contributed by atoms with van der Waals surface area (Å²) in [6, 6.07) is 11.3. The van der Waals surface area contributed by atoms with Crippen molar-refractivity contribution in [1.29, 1.82) is 0 Å². The van der Waals surface area contributed by atoms with Gasteiger partial charge in [0, 0.05) is 49.9 Å². The SMILES string of the molecule is CN1CCCC12CN(C(=O)c1ccc(Nc3nc4c(C5=CCN(C(=O)CCC(F)(F)F)CC5)cccn4[n+]3C)cc1)C2. The first-order valence-electron chi connectivity index (χ1n) is 14.3. The van der Waals surface area contributed by atoms with Gasteiger partial charge in [0.15, 0.2) is 0 Å². The highest BCUT2D eigenvalue weighted by Gasteiger charge is 2.50. The second kappa shape index (κ2) is 10.7. The average molecular weight is 583 g/mol. The number of aryl methyl sites for hydroxylation is 1. The van der Waals surface area contributed by atoms with Crippen LogP contribution in [0, 0.1) is 0 Å². The van der Waals surface area contributed by atoms with Gasteiger partial charge in [0.05, 0.1) is 24.7 Å². The molecule has 9 nitrogen and oxygen atoms in total. The number of carbonyl (C=O) groups is 2. The summed E-state index contributed by atoms with van der Waals surface area (Å²) in [5.74, 6) is 0.176. The van der Waals surface area contributed by atoms with Crippen molar-refractivity contribution in [1.82, 2.24) is 24.2 Å². The first-order chi connectivity index (χ1) is 20.0. The average Bonchev–Trinajstić information content (AvgIpc) is 3.50. The van der Waals surface area contributed by atoms with E-state index in [1.54, 1.807) is 0 Å². The van der Waals surface area contributed by atoms with Crippen LogP contribution in [-0.4, -0.2) is 87.5 Å². The Kier molecular flexibility index (Phi) is 7.20. The number of halogens is 3. The summed E-state index contributed by atoms with van der Waals surface area (Å²) >= 11 is 0. The summed E-state index contributed by atoms with van der Waals surface area (Å²) in [6.07, 6.45) is 0.687. The zero-order valence-electron chi connectivity index (χ0n) is 23.8. The lowest BCUT2D eigenvalue weighted by Gasteiger charge is -2.51. The third kappa shape index (κ3) is 5.35. The van der Waals surface area contributed by atoms with Crippen LogP contribution in [0.4, 0.5) is 24.8 Å². The van der Waals surface area contributed by atoms with Crippen molar-refractivity contribution in [2.45, 2.75) is 43.8 Å². The van der Waals surface area contributed by atoms with Crippen molar-refractivity contribution < 1.29 is 27.4 Å². The van der Waals surface area contributed by atoms with Gasteiger partial charge in [-0.15, -0.1) is 0 Å². The summed E-state index contributed by atoms with van der Waals surface area (Å²) in [7, 11) is 4.03. The fraction of sp³-hybridized carbons (Fsp3) is 0.467.